The van der Waals surface area contributed by atoms with Gasteiger partial charge in [0, 0.05) is 6.07 Å². The molecule has 1 heterocycles. The molecule has 0 aliphatic heterocycles. The van der Waals surface area contributed by atoms with Crippen LogP contribution in [0, 0.1) is 0 Å². The van der Waals surface area contributed by atoms with Crippen LogP contribution < -0.4 is 24.4 Å². The smallest absolute Gasteiger partial charge is 0.296 e. The van der Waals surface area contributed by atoms with E-state index in [-0.39, 0.29) is 28.1 Å². The second kappa shape index (κ2) is 6.76. The van der Waals surface area contributed by atoms with E-state index in [4.69, 9.17) is 23.4 Å². The van der Waals surface area contributed by atoms with Crippen molar-refractivity contribution in [2.45, 2.75) is 0 Å². The number of hydrogen-bond donors (Lipinski definition) is 0. The maximum atomic E-state index is 13.2. The lowest BCUT2D eigenvalue weighted by Gasteiger charge is -2.15. The summed E-state index contributed by atoms with van der Waals surface area (Å²) in [4.78, 5) is 13.2. The van der Waals surface area contributed by atoms with Gasteiger partial charge in [-0.2, -0.15) is 0 Å². The summed E-state index contributed by atoms with van der Waals surface area (Å²) in [6.07, 6.45) is 0. The maximum Gasteiger partial charge on any atom is 0.296 e. The van der Waals surface area contributed by atoms with Gasteiger partial charge in [0.25, 0.3) is 5.95 Å². The Bertz CT molecular complexity index is 959. The molecule has 0 N–H and O–H groups in total. The van der Waals surface area contributed by atoms with Crippen molar-refractivity contribution in [3.8, 4) is 34.3 Å². The van der Waals surface area contributed by atoms with E-state index in [1.807, 2.05) is 30.3 Å². The van der Waals surface area contributed by atoms with Crippen molar-refractivity contribution < 1.29 is 23.4 Å². The van der Waals surface area contributed by atoms with Crippen LogP contribution in [0.1, 0.15) is 0 Å². The van der Waals surface area contributed by atoms with Crippen LogP contribution in [0.25, 0.3) is 22.1 Å². The summed E-state index contributed by atoms with van der Waals surface area (Å²) in [5, 5.41) is 0.264. The Kier molecular flexibility index (Phi) is 4.52. The average molecular weight is 342 g/mol. The van der Waals surface area contributed by atoms with Crippen LogP contribution in [0.3, 0.4) is 0 Å². The predicted molar refractivity (Wildman–Crippen MR) is 94.1 cm³/mol. The molecular formula is C19H18O6. The maximum absolute atomic E-state index is 13.2. The number of rotatable bonds is 5. The number of hydrogen-bond acceptors (Lipinski definition) is 6. The molecule has 0 fully saturated rings. The second-order valence-electron chi connectivity index (χ2n) is 5.18. The van der Waals surface area contributed by atoms with E-state index < -0.39 is 0 Å². The molecule has 3 aromatic rings. The zero-order valence-electron chi connectivity index (χ0n) is 14.4. The lowest BCUT2D eigenvalue weighted by molar-refractivity contribution is 0.307. The molecule has 0 atom stereocenters. The van der Waals surface area contributed by atoms with Crippen LogP contribution >= 0.6 is 0 Å². The Balaban J connectivity index is 2.48. The van der Waals surface area contributed by atoms with Gasteiger partial charge in [0.05, 0.1) is 28.4 Å². The van der Waals surface area contributed by atoms with Gasteiger partial charge in [0.15, 0.2) is 11.5 Å². The van der Waals surface area contributed by atoms with Gasteiger partial charge in [0.2, 0.25) is 11.2 Å². The molecular weight excluding hydrogens is 324 g/mol. The van der Waals surface area contributed by atoms with E-state index in [0.717, 1.165) is 0 Å². The van der Waals surface area contributed by atoms with Crippen molar-refractivity contribution in [2.75, 3.05) is 28.4 Å². The molecule has 0 saturated heterocycles. The van der Waals surface area contributed by atoms with Gasteiger partial charge < -0.3 is 23.4 Å². The molecule has 0 amide bonds. The van der Waals surface area contributed by atoms with Crippen LogP contribution in [0.15, 0.2) is 45.6 Å². The highest BCUT2D eigenvalue weighted by atomic mass is 16.6. The normalized spacial score (nSPS) is 10.6. The molecule has 6 nitrogen and oxygen atoms in total. The summed E-state index contributed by atoms with van der Waals surface area (Å²) in [5.74, 6) is 1.10. The van der Waals surface area contributed by atoms with Gasteiger partial charge in [-0.05, 0) is 5.56 Å². The van der Waals surface area contributed by atoms with Gasteiger partial charge in [-0.25, -0.2) is 0 Å². The van der Waals surface area contributed by atoms with Crippen molar-refractivity contribution in [1.29, 1.82) is 0 Å². The SMILES string of the molecule is COc1cc2oc(OC)c(-c3ccccc3)c(=O)c2c(OC)c1OC. The molecule has 130 valence electrons. The Hall–Kier alpha value is -3.15. The Morgan fingerprint density at radius 3 is 2.08 bits per heavy atom. The van der Waals surface area contributed by atoms with Gasteiger partial charge in [0.1, 0.15) is 16.5 Å². The van der Waals surface area contributed by atoms with Gasteiger partial charge in [-0.1, -0.05) is 30.3 Å². The summed E-state index contributed by atoms with van der Waals surface area (Å²) in [5.41, 5.74) is 1.02. The zero-order valence-corrected chi connectivity index (χ0v) is 14.4. The molecule has 1 aromatic heterocycles. The number of ether oxygens (including phenoxy) is 4. The molecule has 0 spiro atoms. The Morgan fingerprint density at radius 1 is 0.840 bits per heavy atom. The van der Waals surface area contributed by atoms with Crippen LogP contribution in [0.5, 0.6) is 23.2 Å². The molecule has 0 saturated carbocycles. The Morgan fingerprint density at radius 2 is 1.52 bits per heavy atom. The summed E-state index contributed by atoms with van der Waals surface area (Å²) in [6.45, 7) is 0. The monoisotopic (exact) mass is 342 g/mol. The quantitative estimate of drug-likeness (QED) is 0.707. The van der Waals surface area contributed by atoms with E-state index in [0.29, 0.717) is 22.6 Å². The summed E-state index contributed by atoms with van der Waals surface area (Å²) >= 11 is 0. The van der Waals surface area contributed by atoms with Crippen molar-refractivity contribution in [2.24, 2.45) is 0 Å². The van der Waals surface area contributed by atoms with E-state index in [1.54, 1.807) is 6.07 Å². The Labute approximate surface area is 144 Å². The molecule has 25 heavy (non-hydrogen) atoms. The minimum atomic E-state index is -0.276. The van der Waals surface area contributed by atoms with E-state index in [1.165, 1.54) is 28.4 Å². The molecule has 0 unspecified atom stereocenters. The lowest BCUT2D eigenvalue weighted by atomic mass is 10.0. The average Bonchev–Trinajstić information content (AvgIpc) is 2.66. The number of fused-ring (bicyclic) bond motifs is 1. The summed E-state index contributed by atoms with van der Waals surface area (Å²) in [7, 11) is 5.89. The molecule has 3 rings (SSSR count). The van der Waals surface area contributed by atoms with Crippen molar-refractivity contribution in [3.05, 3.63) is 46.6 Å². The van der Waals surface area contributed by atoms with Gasteiger partial charge >= 0.3 is 0 Å². The molecule has 0 aliphatic carbocycles. The van der Waals surface area contributed by atoms with E-state index in [2.05, 4.69) is 0 Å². The van der Waals surface area contributed by atoms with Crippen LogP contribution in [-0.2, 0) is 0 Å². The minimum Gasteiger partial charge on any atom is -0.493 e. The first kappa shape index (κ1) is 16.7. The fourth-order valence-corrected chi connectivity index (χ4v) is 2.80. The largest absolute Gasteiger partial charge is 0.493 e. The van der Waals surface area contributed by atoms with Crippen LogP contribution in [-0.4, -0.2) is 28.4 Å². The minimum absolute atomic E-state index is 0.123. The summed E-state index contributed by atoms with van der Waals surface area (Å²) < 4.78 is 27.2. The first-order valence-electron chi connectivity index (χ1n) is 7.55. The van der Waals surface area contributed by atoms with Crippen LogP contribution in [0.2, 0.25) is 0 Å². The van der Waals surface area contributed by atoms with Gasteiger partial charge in [-0.3, -0.25) is 4.79 Å². The zero-order chi connectivity index (χ0) is 18.0. The second-order valence-corrected chi connectivity index (χ2v) is 5.18. The fraction of sp³-hybridized carbons (Fsp3) is 0.211. The fourth-order valence-electron chi connectivity index (χ4n) is 2.80. The first-order chi connectivity index (χ1) is 12.2. The standard InChI is InChI=1S/C19H18O6/c1-21-13-10-12-15(18(23-3)17(13)22-2)16(20)14(19(24-4)25-12)11-8-6-5-7-9-11/h5-10H,1-4H3. The molecule has 2 aromatic carbocycles. The molecule has 0 radical (unpaired) electrons. The number of methoxy groups -OCH3 is 4. The molecule has 0 bridgehead atoms. The van der Waals surface area contributed by atoms with Crippen molar-refractivity contribution >= 4 is 11.0 Å². The third-order valence-corrected chi connectivity index (χ3v) is 3.90. The third-order valence-electron chi connectivity index (χ3n) is 3.90. The molecule has 6 heteroatoms. The highest BCUT2D eigenvalue weighted by molar-refractivity contribution is 5.92. The highest BCUT2D eigenvalue weighted by Gasteiger charge is 2.24. The van der Waals surface area contributed by atoms with E-state index >= 15 is 0 Å². The predicted octanol–water partition coefficient (Wildman–Crippen LogP) is 3.49. The van der Waals surface area contributed by atoms with E-state index in [9.17, 15) is 4.79 Å². The van der Waals surface area contributed by atoms with Crippen LogP contribution in [0.4, 0.5) is 0 Å². The highest BCUT2D eigenvalue weighted by Crippen LogP contribution is 2.44. The van der Waals surface area contributed by atoms with Gasteiger partial charge in [-0.15, -0.1) is 0 Å². The first-order valence-corrected chi connectivity index (χ1v) is 7.55. The third kappa shape index (κ3) is 2.65. The number of benzene rings is 2. The van der Waals surface area contributed by atoms with Crippen molar-refractivity contribution in [1.82, 2.24) is 0 Å². The van der Waals surface area contributed by atoms with Crippen molar-refractivity contribution in [3.63, 3.8) is 0 Å². The lowest BCUT2D eigenvalue weighted by Crippen LogP contribution is -2.10. The summed E-state index contributed by atoms with van der Waals surface area (Å²) in [6, 6.07) is 10.7. The molecule has 0 aliphatic rings. The topological polar surface area (TPSA) is 67.1 Å².